The Morgan fingerprint density at radius 1 is 1.29 bits per heavy atom. The zero-order chi connectivity index (χ0) is 14.9. The highest BCUT2D eigenvalue weighted by molar-refractivity contribution is 5.52. The Kier molecular flexibility index (Phi) is 6.80. The Balaban J connectivity index is 1.87. The van der Waals surface area contributed by atoms with Crippen LogP contribution in [0.4, 0.5) is 5.82 Å². The van der Waals surface area contributed by atoms with E-state index in [2.05, 4.69) is 29.0 Å². The van der Waals surface area contributed by atoms with Gasteiger partial charge in [-0.1, -0.05) is 13.8 Å². The van der Waals surface area contributed by atoms with Gasteiger partial charge in [-0.3, -0.25) is 0 Å². The first kappa shape index (κ1) is 16.1. The summed E-state index contributed by atoms with van der Waals surface area (Å²) >= 11 is 0. The minimum atomic E-state index is 0.760. The fourth-order valence-corrected chi connectivity index (χ4v) is 2.78. The van der Waals surface area contributed by atoms with Crippen molar-refractivity contribution >= 4 is 5.82 Å². The third-order valence-corrected chi connectivity index (χ3v) is 3.99. The fourth-order valence-electron chi connectivity index (χ4n) is 2.78. The first-order valence-electron chi connectivity index (χ1n) is 8.38. The predicted molar refractivity (Wildman–Crippen MR) is 88.1 cm³/mol. The quantitative estimate of drug-likeness (QED) is 0.747. The van der Waals surface area contributed by atoms with E-state index in [0.717, 1.165) is 56.7 Å². The smallest absolute Gasteiger partial charge is 0.171 e. The lowest BCUT2D eigenvalue weighted by Gasteiger charge is -2.33. The second-order valence-electron chi connectivity index (χ2n) is 5.81. The molecule has 0 unspecified atom stereocenters. The summed E-state index contributed by atoms with van der Waals surface area (Å²) in [6, 6.07) is 3.99. The normalized spacial score (nSPS) is 16.2. The van der Waals surface area contributed by atoms with Crippen LogP contribution in [0.2, 0.25) is 0 Å². The zero-order valence-electron chi connectivity index (χ0n) is 13.5. The topological polar surface area (TPSA) is 37.4 Å². The van der Waals surface area contributed by atoms with Crippen LogP contribution in [0, 0.1) is 5.92 Å². The summed E-state index contributed by atoms with van der Waals surface area (Å²) < 4.78 is 5.83. The molecular formula is C17H29N3O. The van der Waals surface area contributed by atoms with E-state index < -0.39 is 0 Å². The molecule has 4 heteroatoms. The lowest BCUT2D eigenvalue weighted by atomic mass is 9.96. The molecule has 0 atom stereocenters. The maximum atomic E-state index is 5.83. The van der Waals surface area contributed by atoms with Gasteiger partial charge in [0, 0.05) is 19.3 Å². The highest BCUT2D eigenvalue weighted by Gasteiger charge is 2.22. The van der Waals surface area contributed by atoms with Gasteiger partial charge in [-0.15, -0.1) is 0 Å². The van der Waals surface area contributed by atoms with Crippen LogP contribution in [0.15, 0.2) is 18.3 Å². The van der Waals surface area contributed by atoms with Crippen molar-refractivity contribution in [1.82, 2.24) is 10.3 Å². The van der Waals surface area contributed by atoms with Crippen LogP contribution in [-0.2, 0) is 0 Å². The molecule has 2 rings (SSSR count). The van der Waals surface area contributed by atoms with Gasteiger partial charge >= 0.3 is 0 Å². The second-order valence-corrected chi connectivity index (χ2v) is 5.81. The SMILES string of the molecule is CCCNCC1CCN(c2ncccc2OCCC)CC1. The lowest BCUT2D eigenvalue weighted by Crippen LogP contribution is -2.38. The summed E-state index contributed by atoms with van der Waals surface area (Å²) in [5.41, 5.74) is 0. The number of ether oxygens (including phenoxy) is 1. The minimum Gasteiger partial charge on any atom is -0.490 e. The Morgan fingerprint density at radius 2 is 2.10 bits per heavy atom. The molecule has 1 fully saturated rings. The molecule has 0 aliphatic carbocycles. The van der Waals surface area contributed by atoms with E-state index in [1.165, 1.54) is 19.3 Å². The molecule has 0 saturated carbocycles. The summed E-state index contributed by atoms with van der Waals surface area (Å²) in [6.45, 7) is 9.56. The molecule has 1 aromatic rings. The Labute approximate surface area is 128 Å². The molecule has 0 amide bonds. The van der Waals surface area contributed by atoms with E-state index >= 15 is 0 Å². The standard InChI is InChI=1S/C17H29N3O/c1-3-9-18-14-15-7-11-20(12-8-15)17-16(21-13-4-2)6-5-10-19-17/h5-6,10,15,18H,3-4,7-9,11-14H2,1-2H3. The van der Waals surface area contributed by atoms with Crippen molar-refractivity contribution in [1.29, 1.82) is 0 Å². The van der Waals surface area contributed by atoms with E-state index in [4.69, 9.17) is 4.74 Å². The highest BCUT2D eigenvalue weighted by Crippen LogP contribution is 2.29. The maximum absolute atomic E-state index is 5.83. The number of piperidine rings is 1. The van der Waals surface area contributed by atoms with E-state index in [9.17, 15) is 0 Å². The third-order valence-electron chi connectivity index (χ3n) is 3.99. The molecule has 1 N–H and O–H groups in total. The average Bonchev–Trinajstić information content (AvgIpc) is 2.54. The molecule has 2 heterocycles. The first-order chi connectivity index (χ1) is 10.3. The van der Waals surface area contributed by atoms with Crippen molar-refractivity contribution in [3.63, 3.8) is 0 Å². The van der Waals surface area contributed by atoms with Crippen molar-refractivity contribution in [2.24, 2.45) is 5.92 Å². The summed E-state index contributed by atoms with van der Waals surface area (Å²) in [5.74, 6) is 2.75. The van der Waals surface area contributed by atoms with Crippen molar-refractivity contribution < 1.29 is 4.74 Å². The van der Waals surface area contributed by atoms with Gasteiger partial charge in [0.25, 0.3) is 0 Å². The summed E-state index contributed by atoms with van der Waals surface area (Å²) in [4.78, 5) is 6.92. The van der Waals surface area contributed by atoms with Crippen LogP contribution in [0.5, 0.6) is 5.75 Å². The maximum Gasteiger partial charge on any atom is 0.171 e. The number of anilines is 1. The number of pyridine rings is 1. The van der Waals surface area contributed by atoms with Crippen LogP contribution in [0.3, 0.4) is 0 Å². The first-order valence-corrected chi connectivity index (χ1v) is 8.38. The van der Waals surface area contributed by atoms with Gasteiger partial charge in [-0.05, 0) is 56.8 Å². The number of nitrogens with zero attached hydrogens (tertiary/aromatic N) is 2. The van der Waals surface area contributed by atoms with Gasteiger partial charge in [0.05, 0.1) is 6.61 Å². The van der Waals surface area contributed by atoms with E-state index in [1.54, 1.807) is 0 Å². The minimum absolute atomic E-state index is 0.760. The van der Waals surface area contributed by atoms with Gasteiger partial charge < -0.3 is 15.0 Å². The zero-order valence-corrected chi connectivity index (χ0v) is 13.5. The van der Waals surface area contributed by atoms with Crippen LogP contribution >= 0.6 is 0 Å². The van der Waals surface area contributed by atoms with Crippen LogP contribution in [0.1, 0.15) is 39.5 Å². The molecule has 0 radical (unpaired) electrons. The molecule has 0 spiro atoms. The van der Waals surface area contributed by atoms with Gasteiger partial charge in [0.1, 0.15) is 0 Å². The fraction of sp³-hybridized carbons (Fsp3) is 0.706. The average molecular weight is 291 g/mol. The van der Waals surface area contributed by atoms with Crippen LogP contribution in [-0.4, -0.2) is 37.8 Å². The number of nitrogens with one attached hydrogen (secondary N) is 1. The van der Waals surface area contributed by atoms with Crippen molar-refractivity contribution in [2.45, 2.75) is 39.5 Å². The predicted octanol–water partition coefficient (Wildman–Crippen LogP) is 3.09. The van der Waals surface area contributed by atoms with E-state index in [-0.39, 0.29) is 0 Å². The van der Waals surface area contributed by atoms with Crippen molar-refractivity contribution in [2.75, 3.05) is 37.7 Å². The molecule has 4 nitrogen and oxygen atoms in total. The molecule has 1 saturated heterocycles. The monoisotopic (exact) mass is 291 g/mol. The van der Waals surface area contributed by atoms with Gasteiger partial charge in [0.2, 0.25) is 0 Å². The Morgan fingerprint density at radius 3 is 2.81 bits per heavy atom. The Bertz CT molecular complexity index is 403. The third kappa shape index (κ3) is 4.88. The van der Waals surface area contributed by atoms with Crippen LogP contribution in [0.25, 0.3) is 0 Å². The molecule has 0 aromatic carbocycles. The Hall–Kier alpha value is -1.29. The molecule has 21 heavy (non-hydrogen) atoms. The molecule has 1 aromatic heterocycles. The summed E-state index contributed by atoms with van der Waals surface area (Å²) in [6.07, 6.45) is 6.58. The number of hydrogen-bond acceptors (Lipinski definition) is 4. The second kappa shape index (κ2) is 8.88. The van der Waals surface area contributed by atoms with Crippen molar-refractivity contribution in [3.8, 4) is 5.75 Å². The number of hydrogen-bond donors (Lipinski definition) is 1. The lowest BCUT2D eigenvalue weighted by molar-refractivity contribution is 0.314. The molecule has 118 valence electrons. The van der Waals surface area contributed by atoms with Gasteiger partial charge in [-0.25, -0.2) is 4.98 Å². The van der Waals surface area contributed by atoms with E-state index in [0.29, 0.717) is 0 Å². The van der Waals surface area contributed by atoms with Gasteiger partial charge in [-0.2, -0.15) is 0 Å². The van der Waals surface area contributed by atoms with Gasteiger partial charge in [0.15, 0.2) is 11.6 Å². The highest BCUT2D eigenvalue weighted by atomic mass is 16.5. The van der Waals surface area contributed by atoms with Crippen LogP contribution < -0.4 is 15.0 Å². The molecule has 0 bridgehead atoms. The number of rotatable bonds is 8. The largest absolute Gasteiger partial charge is 0.490 e. The molecular weight excluding hydrogens is 262 g/mol. The summed E-state index contributed by atoms with van der Waals surface area (Å²) in [5, 5.41) is 3.54. The summed E-state index contributed by atoms with van der Waals surface area (Å²) in [7, 11) is 0. The van der Waals surface area contributed by atoms with Crippen molar-refractivity contribution in [3.05, 3.63) is 18.3 Å². The molecule has 1 aliphatic heterocycles. The molecule has 1 aliphatic rings. The van der Waals surface area contributed by atoms with E-state index in [1.807, 2.05) is 18.3 Å². The number of aromatic nitrogens is 1.